The first-order chi connectivity index (χ1) is 29.6. The topological polar surface area (TPSA) is 9.23 Å². The largest absolute Gasteiger partial charge is 0.464 e. The third kappa shape index (κ3) is 10.5. The van der Waals surface area contributed by atoms with Gasteiger partial charge in [-0.2, -0.15) is 0 Å². The number of hydrogen-bond donors (Lipinski definition) is 0. The molecular formula is C57H52OP2. The van der Waals surface area contributed by atoms with E-state index in [1.165, 1.54) is 48.7 Å². The zero-order chi connectivity index (χ0) is 41.5. The molecule has 0 saturated carbocycles. The molecule has 1 aliphatic carbocycles. The Kier molecular flexibility index (Phi) is 14.9. The molecule has 0 radical (unpaired) electrons. The molecule has 2 atom stereocenters. The van der Waals surface area contributed by atoms with Gasteiger partial charge in [0.25, 0.3) is 0 Å². The van der Waals surface area contributed by atoms with E-state index in [1.54, 1.807) is 0 Å². The Labute approximate surface area is 360 Å². The van der Waals surface area contributed by atoms with Gasteiger partial charge in [0.05, 0.1) is 0 Å². The van der Waals surface area contributed by atoms with Crippen molar-refractivity contribution in [3.63, 3.8) is 0 Å². The lowest BCUT2D eigenvalue weighted by Gasteiger charge is -2.24. The molecule has 1 aliphatic rings. The van der Waals surface area contributed by atoms with Crippen LogP contribution in [-0.2, 0) is 6.42 Å². The van der Waals surface area contributed by atoms with Crippen molar-refractivity contribution < 1.29 is 4.52 Å². The maximum atomic E-state index is 7.28. The molecule has 2 unspecified atom stereocenters. The van der Waals surface area contributed by atoms with Gasteiger partial charge in [0, 0.05) is 16.5 Å². The van der Waals surface area contributed by atoms with Crippen LogP contribution in [0.5, 0.6) is 5.75 Å². The maximum absolute atomic E-state index is 7.28. The number of rotatable bonds is 14. The lowest BCUT2D eigenvalue weighted by atomic mass is 9.88. The number of aryl methyl sites for hydroxylation is 1. The molecule has 3 heteroatoms. The van der Waals surface area contributed by atoms with Crippen LogP contribution in [0.4, 0.5) is 0 Å². The normalized spacial score (nSPS) is 13.2. The fourth-order valence-corrected chi connectivity index (χ4v) is 11.1. The highest BCUT2D eigenvalue weighted by Gasteiger charge is 2.22. The van der Waals surface area contributed by atoms with Crippen molar-refractivity contribution in [2.45, 2.75) is 32.6 Å². The number of fused-ring (bicyclic) bond motifs is 2. The molecule has 0 bridgehead atoms. The first kappa shape index (κ1) is 42.0. The summed E-state index contributed by atoms with van der Waals surface area (Å²) in [5.74, 6) is 3.10. The third-order valence-corrected chi connectivity index (χ3v) is 14.4. The molecule has 0 heterocycles. The predicted octanol–water partition coefficient (Wildman–Crippen LogP) is 14.3. The average molecular weight is 815 g/mol. The van der Waals surface area contributed by atoms with E-state index in [4.69, 9.17) is 4.52 Å². The molecule has 0 saturated heterocycles. The second-order valence-electron chi connectivity index (χ2n) is 14.3. The lowest BCUT2D eigenvalue weighted by Crippen LogP contribution is -2.17. The number of hydrogen-bond acceptors (Lipinski definition) is 1. The monoisotopic (exact) mass is 814 g/mol. The van der Waals surface area contributed by atoms with E-state index in [0.717, 1.165) is 35.3 Å². The molecule has 0 fully saturated rings. The molecule has 0 aliphatic heterocycles. The van der Waals surface area contributed by atoms with Gasteiger partial charge < -0.3 is 4.52 Å². The van der Waals surface area contributed by atoms with E-state index in [2.05, 4.69) is 225 Å². The summed E-state index contributed by atoms with van der Waals surface area (Å²) in [6.07, 6.45) is 19.2. The summed E-state index contributed by atoms with van der Waals surface area (Å²) in [6, 6.07) is 61.2. The highest BCUT2D eigenvalue weighted by atomic mass is 31.1. The van der Waals surface area contributed by atoms with Gasteiger partial charge in [-0.15, -0.1) is 0 Å². The first-order valence-corrected chi connectivity index (χ1v) is 23.5. The molecule has 7 aromatic carbocycles. The highest BCUT2D eigenvalue weighted by molar-refractivity contribution is 7.75. The maximum Gasteiger partial charge on any atom is 0.150 e. The Morgan fingerprint density at radius 2 is 1.28 bits per heavy atom. The predicted molar refractivity (Wildman–Crippen MR) is 266 cm³/mol. The van der Waals surface area contributed by atoms with Crippen LogP contribution in [-0.4, -0.2) is 0 Å². The molecule has 0 spiro atoms. The average Bonchev–Trinajstić information content (AvgIpc) is 3.32. The van der Waals surface area contributed by atoms with Crippen LogP contribution >= 0.6 is 16.1 Å². The third-order valence-electron chi connectivity index (χ3n) is 10.4. The smallest absolute Gasteiger partial charge is 0.150 e. The van der Waals surface area contributed by atoms with Crippen LogP contribution < -0.4 is 25.7 Å². The van der Waals surface area contributed by atoms with Crippen molar-refractivity contribution in [1.82, 2.24) is 0 Å². The van der Waals surface area contributed by atoms with Crippen molar-refractivity contribution in [3.05, 3.63) is 259 Å². The summed E-state index contributed by atoms with van der Waals surface area (Å²) >= 11 is 0. The summed E-state index contributed by atoms with van der Waals surface area (Å²) in [5.41, 5.74) is 7.21. The van der Waals surface area contributed by atoms with E-state index in [9.17, 15) is 0 Å². The zero-order valence-corrected chi connectivity index (χ0v) is 36.4. The minimum atomic E-state index is -1.16. The van der Waals surface area contributed by atoms with Crippen molar-refractivity contribution in [2.24, 2.45) is 0 Å². The zero-order valence-electron chi connectivity index (χ0n) is 34.6. The summed E-state index contributed by atoms with van der Waals surface area (Å²) in [7, 11) is -2.07. The Morgan fingerprint density at radius 3 is 1.98 bits per heavy atom. The minimum Gasteiger partial charge on any atom is -0.464 e. The Hall–Kier alpha value is -6.10. The standard InChI is InChI=1S/C55H46OP2.C2H6/c1-3-4-5-19-36-57(51-24-9-6-10-25-51)54-40-49(39-50(41-54)56-58(52-26-11-7-12-27-52)53-28-13-8-14-29-53)55(48-34-32-44-21-16-18-23-47(44)38-48)35-30-42(2)45-33-31-43-20-15-17-22-46(43)37-45;1-2/h3-16,18-21,23-41,55H,1-2,17,22H2;1-2H3/b5-4-,35-30-,36-19-;. The molecule has 0 N–H and O–H groups in total. The summed E-state index contributed by atoms with van der Waals surface area (Å²) in [6.45, 7) is 12.5. The van der Waals surface area contributed by atoms with Crippen LogP contribution in [0.2, 0.25) is 0 Å². The van der Waals surface area contributed by atoms with Crippen molar-refractivity contribution in [1.29, 1.82) is 0 Å². The van der Waals surface area contributed by atoms with Gasteiger partial charge in [0.15, 0.2) is 8.15 Å². The van der Waals surface area contributed by atoms with Crippen LogP contribution in [0.25, 0.3) is 22.4 Å². The Balaban J connectivity index is 0.00000268. The fourth-order valence-electron chi connectivity index (χ4n) is 7.41. The van der Waals surface area contributed by atoms with E-state index in [0.29, 0.717) is 0 Å². The number of benzene rings is 7. The van der Waals surface area contributed by atoms with E-state index in [1.807, 2.05) is 26.0 Å². The minimum absolute atomic E-state index is 0.0823. The number of allylic oxidation sites excluding steroid dienone is 8. The van der Waals surface area contributed by atoms with Crippen LogP contribution in [0.15, 0.2) is 231 Å². The Bertz CT molecular complexity index is 2600. The molecule has 0 amide bonds. The van der Waals surface area contributed by atoms with Crippen molar-refractivity contribution in [2.75, 3.05) is 0 Å². The molecular weight excluding hydrogens is 763 g/mol. The molecule has 8 rings (SSSR count). The molecule has 1 nitrogen and oxygen atoms in total. The van der Waals surface area contributed by atoms with Crippen LogP contribution in [0.1, 0.15) is 54.0 Å². The first-order valence-electron chi connectivity index (χ1n) is 20.8. The van der Waals surface area contributed by atoms with Gasteiger partial charge in [-0.25, -0.2) is 0 Å². The second kappa shape index (κ2) is 21.2. The van der Waals surface area contributed by atoms with Crippen LogP contribution in [0, 0.1) is 0 Å². The van der Waals surface area contributed by atoms with Gasteiger partial charge in [-0.1, -0.05) is 233 Å². The van der Waals surface area contributed by atoms with Gasteiger partial charge >= 0.3 is 0 Å². The van der Waals surface area contributed by atoms with E-state index < -0.39 is 16.1 Å². The molecule has 0 aromatic heterocycles. The summed E-state index contributed by atoms with van der Waals surface area (Å²) in [5, 5.41) is 7.25. The van der Waals surface area contributed by atoms with E-state index in [-0.39, 0.29) is 5.92 Å². The SMILES string of the molecule is C=C/C=C\C=C/P(c1ccccc1)c1cc(OP(c2ccccc2)c2ccccc2)cc(C(/C=C\C(=C)c2ccc3c(c2)CCC=C3)c2ccc3ccccc3c2)c1.CC. The Morgan fingerprint density at radius 1 is 0.617 bits per heavy atom. The quantitative estimate of drug-likeness (QED) is 0.0785. The van der Waals surface area contributed by atoms with Gasteiger partial charge in [-0.05, 0) is 93.7 Å². The summed E-state index contributed by atoms with van der Waals surface area (Å²) in [4.78, 5) is 0. The van der Waals surface area contributed by atoms with Crippen molar-refractivity contribution in [3.8, 4) is 5.75 Å². The van der Waals surface area contributed by atoms with Crippen molar-refractivity contribution >= 4 is 59.7 Å². The van der Waals surface area contributed by atoms with E-state index >= 15 is 0 Å². The molecule has 60 heavy (non-hydrogen) atoms. The van der Waals surface area contributed by atoms with Gasteiger partial charge in [0.2, 0.25) is 0 Å². The van der Waals surface area contributed by atoms with Crippen LogP contribution in [0.3, 0.4) is 0 Å². The molecule has 296 valence electrons. The summed E-state index contributed by atoms with van der Waals surface area (Å²) < 4.78 is 7.28. The molecule has 7 aromatic rings. The fraction of sp³-hybridized carbons (Fsp3) is 0.0877. The lowest BCUT2D eigenvalue weighted by molar-refractivity contribution is 0.629. The highest BCUT2D eigenvalue weighted by Crippen LogP contribution is 2.43. The van der Waals surface area contributed by atoms with Gasteiger partial charge in [-0.3, -0.25) is 0 Å². The second-order valence-corrected chi connectivity index (χ2v) is 18.2. The van der Waals surface area contributed by atoms with Gasteiger partial charge in [0.1, 0.15) is 5.75 Å².